The van der Waals surface area contributed by atoms with E-state index in [2.05, 4.69) is 26.0 Å². The molecule has 0 saturated heterocycles. The lowest BCUT2D eigenvalue weighted by molar-refractivity contribution is 0.851. The molecule has 0 aromatic carbocycles. The monoisotopic (exact) mass is 369 g/mol. The van der Waals surface area contributed by atoms with Crippen LogP contribution in [0, 0.1) is 0 Å². The first-order valence-corrected chi connectivity index (χ1v) is 10.1. The van der Waals surface area contributed by atoms with Crippen molar-refractivity contribution in [2.24, 2.45) is 0 Å². The van der Waals surface area contributed by atoms with Crippen molar-refractivity contribution in [1.29, 1.82) is 0 Å². The highest BCUT2D eigenvalue weighted by Gasteiger charge is 2.13. The number of rotatable bonds is 8. The van der Waals surface area contributed by atoms with Gasteiger partial charge in [0.1, 0.15) is 5.82 Å². The second kappa shape index (κ2) is 7.76. The van der Waals surface area contributed by atoms with E-state index >= 15 is 0 Å². The first-order valence-electron chi connectivity index (χ1n) is 8.32. The van der Waals surface area contributed by atoms with Crippen LogP contribution in [0.25, 0.3) is 0 Å². The number of aryl methyl sites for hydroxylation is 4. The Bertz CT molecular complexity index is 876. The molecule has 0 aliphatic rings. The molecule has 0 spiro atoms. The molecule has 2 N–H and O–H groups in total. The number of aromatic amines is 2. The molecule has 128 valence electrons. The van der Waals surface area contributed by atoms with E-state index in [9.17, 15) is 0 Å². The lowest BCUT2D eigenvalue weighted by Gasteiger charge is -2.00. The minimum atomic E-state index is 0.821. The predicted molar refractivity (Wildman–Crippen MR) is 101 cm³/mol. The third-order valence-corrected chi connectivity index (χ3v) is 5.70. The molecule has 0 aliphatic carbocycles. The number of aromatic nitrogens is 5. The normalized spacial score (nSPS) is 11.2. The minimum absolute atomic E-state index is 0.821. The number of hydrogen-bond acceptors (Lipinski definition) is 5. The maximum Gasteiger partial charge on any atom is 0.106 e. The molecule has 4 heterocycles. The van der Waals surface area contributed by atoms with E-state index < -0.39 is 0 Å². The van der Waals surface area contributed by atoms with Gasteiger partial charge in [-0.2, -0.15) is 0 Å². The smallest absolute Gasteiger partial charge is 0.106 e. The lowest BCUT2D eigenvalue weighted by atomic mass is 10.1. The van der Waals surface area contributed by atoms with Crippen LogP contribution in [0.3, 0.4) is 0 Å². The third kappa shape index (κ3) is 4.24. The standard InChI is InChI=1S/C18H19N5S2/c1-2-13(19-7-1)3-4-14-15(12-18-21-9-11-25-18)23-16(22-14)5-6-17-20-8-10-24-17/h1-2,7-11,19H,3-6,12H2,(H,22,23). The van der Waals surface area contributed by atoms with Crippen molar-refractivity contribution in [2.45, 2.75) is 32.1 Å². The maximum absolute atomic E-state index is 4.87. The van der Waals surface area contributed by atoms with Crippen molar-refractivity contribution >= 4 is 22.7 Å². The van der Waals surface area contributed by atoms with Crippen LogP contribution in [0.15, 0.2) is 41.5 Å². The molecule has 0 aliphatic heterocycles. The van der Waals surface area contributed by atoms with Crippen LogP contribution in [0.5, 0.6) is 0 Å². The Morgan fingerprint density at radius 1 is 0.920 bits per heavy atom. The largest absolute Gasteiger partial charge is 0.365 e. The summed E-state index contributed by atoms with van der Waals surface area (Å²) in [6.45, 7) is 0. The van der Waals surface area contributed by atoms with Crippen molar-refractivity contribution in [1.82, 2.24) is 24.9 Å². The van der Waals surface area contributed by atoms with Crippen LogP contribution in [-0.4, -0.2) is 24.9 Å². The van der Waals surface area contributed by atoms with Crippen LogP contribution in [0.4, 0.5) is 0 Å². The van der Waals surface area contributed by atoms with Gasteiger partial charge >= 0.3 is 0 Å². The third-order valence-electron chi connectivity index (χ3n) is 4.08. The molecule has 5 nitrogen and oxygen atoms in total. The Labute approximate surface area is 154 Å². The second-order valence-corrected chi connectivity index (χ2v) is 7.79. The Hall–Kier alpha value is -2.25. The molecule has 0 amide bonds. The summed E-state index contributed by atoms with van der Waals surface area (Å²) in [6.07, 6.45) is 10.2. The Balaban J connectivity index is 1.49. The fraction of sp³-hybridized carbons (Fsp3) is 0.278. The van der Waals surface area contributed by atoms with Crippen LogP contribution in [-0.2, 0) is 32.1 Å². The molecular weight excluding hydrogens is 350 g/mol. The number of nitrogens with one attached hydrogen (secondary N) is 2. The van der Waals surface area contributed by atoms with Crippen molar-refractivity contribution < 1.29 is 0 Å². The maximum atomic E-state index is 4.87. The van der Waals surface area contributed by atoms with Gasteiger partial charge in [0.25, 0.3) is 0 Å². The van der Waals surface area contributed by atoms with Gasteiger partial charge in [-0.3, -0.25) is 0 Å². The zero-order valence-electron chi connectivity index (χ0n) is 13.7. The van der Waals surface area contributed by atoms with E-state index in [0.717, 1.165) is 53.6 Å². The highest BCUT2D eigenvalue weighted by atomic mass is 32.1. The number of imidazole rings is 1. The minimum Gasteiger partial charge on any atom is -0.365 e. The fourth-order valence-corrected chi connectivity index (χ4v) is 4.09. The fourth-order valence-electron chi connectivity index (χ4n) is 2.85. The van der Waals surface area contributed by atoms with Crippen LogP contribution < -0.4 is 0 Å². The van der Waals surface area contributed by atoms with E-state index in [0.29, 0.717) is 0 Å². The molecular formula is C18H19N5S2. The van der Waals surface area contributed by atoms with E-state index in [1.807, 2.05) is 35.4 Å². The van der Waals surface area contributed by atoms with Crippen LogP contribution in [0.1, 0.15) is 32.9 Å². The summed E-state index contributed by atoms with van der Waals surface area (Å²) in [5.74, 6) is 1.04. The highest BCUT2D eigenvalue weighted by molar-refractivity contribution is 7.09. The molecule has 0 bridgehead atoms. The first kappa shape index (κ1) is 16.2. The average Bonchev–Trinajstić information content (AvgIpc) is 3.39. The van der Waals surface area contributed by atoms with E-state index in [1.54, 1.807) is 22.7 Å². The summed E-state index contributed by atoms with van der Waals surface area (Å²) in [7, 11) is 0. The van der Waals surface area contributed by atoms with Gasteiger partial charge in [-0.05, 0) is 25.0 Å². The Morgan fingerprint density at radius 2 is 1.76 bits per heavy atom. The molecule has 4 aromatic heterocycles. The summed E-state index contributed by atoms with van der Waals surface area (Å²) in [5.41, 5.74) is 3.59. The highest BCUT2D eigenvalue weighted by Crippen LogP contribution is 2.17. The van der Waals surface area contributed by atoms with Gasteiger partial charge < -0.3 is 9.97 Å². The number of thiazole rings is 2. The van der Waals surface area contributed by atoms with Crippen LogP contribution >= 0.6 is 22.7 Å². The number of nitrogens with zero attached hydrogens (tertiary/aromatic N) is 3. The summed E-state index contributed by atoms with van der Waals surface area (Å²) in [5, 5.41) is 6.32. The van der Waals surface area contributed by atoms with Crippen LogP contribution in [0.2, 0.25) is 0 Å². The molecule has 0 unspecified atom stereocenters. The number of hydrogen-bond donors (Lipinski definition) is 2. The van der Waals surface area contributed by atoms with Crippen molar-refractivity contribution in [2.75, 3.05) is 0 Å². The van der Waals surface area contributed by atoms with E-state index in [-0.39, 0.29) is 0 Å². The Morgan fingerprint density at radius 3 is 2.48 bits per heavy atom. The quantitative estimate of drug-likeness (QED) is 0.496. The number of H-pyrrole nitrogens is 2. The predicted octanol–water partition coefficient (Wildman–Crippen LogP) is 3.81. The van der Waals surface area contributed by atoms with Crippen molar-refractivity contribution in [3.8, 4) is 0 Å². The lowest BCUT2D eigenvalue weighted by Crippen LogP contribution is -1.98. The average molecular weight is 370 g/mol. The summed E-state index contributed by atoms with van der Waals surface area (Å²) in [4.78, 5) is 20.4. The van der Waals surface area contributed by atoms with Crippen molar-refractivity contribution in [3.05, 3.63) is 74.4 Å². The topological polar surface area (TPSA) is 70.2 Å². The van der Waals surface area contributed by atoms with Gasteiger partial charge in [0, 0.05) is 60.0 Å². The molecule has 0 radical (unpaired) electrons. The summed E-state index contributed by atoms with van der Waals surface area (Å²) < 4.78 is 0. The van der Waals surface area contributed by atoms with Gasteiger partial charge in [-0.1, -0.05) is 0 Å². The molecule has 0 atom stereocenters. The van der Waals surface area contributed by atoms with Gasteiger partial charge in [0.05, 0.1) is 15.7 Å². The van der Waals surface area contributed by atoms with E-state index in [1.165, 1.54) is 11.4 Å². The zero-order chi connectivity index (χ0) is 16.9. The van der Waals surface area contributed by atoms with Gasteiger partial charge in [-0.25, -0.2) is 15.0 Å². The summed E-state index contributed by atoms with van der Waals surface area (Å²) in [6, 6.07) is 4.16. The summed E-state index contributed by atoms with van der Waals surface area (Å²) >= 11 is 3.39. The molecule has 0 saturated carbocycles. The van der Waals surface area contributed by atoms with Gasteiger partial charge in [-0.15, -0.1) is 22.7 Å². The molecule has 7 heteroatoms. The van der Waals surface area contributed by atoms with Gasteiger partial charge in [0.2, 0.25) is 0 Å². The molecule has 25 heavy (non-hydrogen) atoms. The molecule has 4 rings (SSSR count). The van der Waals surface area contributed by atoms with Crippen molar-refractivity contribution in [3.63, 3.8) is 0 Å². The zero-order valence-corrected chi connectivity index (χ0v) is 15.4. The van der Waals surface area contributed by atoms with E-state index in [4.69, 9.17) is 4.98 Å². The molecule has 4 aromatic rings. The molecule has 0 fully saturated rings. The first-order chi connectivity index (χ1) is 12.4. The SMILES string of the molecule is c1c[nH]c(CCc2nc(CCc3nccs3)[nH]c2Cc2nccs2)c1. The Kier molecular flexibility index (Phi) is 5.03. The second-order valence-electron chi connectivity index (χ2n) is 5.83. The van der Waals surface area contributed by atoms with Gasteiger partial charge in [0.15, 0.2) is 0 Å².